The highest BCUT2D eigenvalue weighted by molar-refractivity contribution is 5.27. The Bertz CT molecular complexity index is 319. The minimum absolute atomic E-state index is 0.720. The van der Waals surface area contributed by atoms with Gasteiger partial charge in [-0.1, -0.05) is 37.6 Å². The van der Waals surface area contributed by atoms with Gasteiger partial charge in [-0.2, -0.15) is 0 Å². The molecular weight excluding hydrogens is 182 g/mol. The van der Waals surface area contributed by atoms with E-state index in [0.29, 0.717) is 0 Å². The van der Waals surface area contributed by atoms with Crippen LogP contribution in [0.4, 0.5) is 0 Å². The van der Waals surface area contributed by atoms with Crippen LogP contribution in [0.15, 0.2) is 24.3 Å². The molecule has 1 aliphatic rings. The standard InChI is InChI=1S/C14H21N/c1-2-11-5-3-6-12(9-11)14-8-4-7-13(14)10-15/h3,5-6,9,13-14H,2,4,7-8,10,15H2,1H3. The van der Waals surface area contributed by atoms with Crippen molar-refractivity contribution in [3.8, 4) is 0 Å². The van der Waals surface area contributed by atoms with E-state index in [4.69, 9.17) is 5.73 Å². The Kier molecular flexibility index (Phi) is 3.42. The Labute approximate surface area is 92.7 Å². The molecule has 1 fully saturated rings. The van der Waals surface area contributed by atoms with Gasteiger partial charge in [-0.05, 0) is 48.8 Å². The number of hydrogen-bond acceptors (Lipinski definition) is 1. The van der Waals surface area contributed by atoms with E-state index in [2.05, 4.69) is 31.2 Å². The molecule has 0 spiro atoms. The van der Waals surface area contributed by atoms with E-state index in [9.17, 15) is 0 Å². The number of hydrogen-bond donors (Lipinski definition) is 1. The average molecular weight is 203 g/mol. The van der Waals surface area contributed by atoms with E-state index in [0.717, 1.165) is 24.8 Å². The van der Waals surface area contributed by atoms with Crippen LogP contribution in [0.2, 0.25) is 0 Å². The summed E-state index contributed by atoms with van der Waals surface area (Å²) >= 11 is 0. The highest BCUT2D eigenvalue weighted by atomic mass is 14.6. The summed E-state index contributed by atoms with van der Waals surface area (Å²) in [4.78, 5) is 0. The molecule has 82 valence electrons. The van der Waals surface area contributed by atoms with Crippen molar-refractivity contribution in [2.75, 3.05) is 6.54 Å². The summed E-state index contributed by atoms with van der Waals surface area (Å²) in [7, 11) is 0. The fourth-order valence-electron chi connectivity index (χ4n) is 2.80. The van der Waals surface area contributed by atoms with E-state index in [-0.39, 0.29) is 0 Å². The molecule has 1 aliphatic carbocycles. The number of rotatable bonds is 3. The lowest BCUT2D eigenvalue weighted by Gasteiger charge is -2.18. The molecular formula is C14H21N. The highest BCUT2D eigenvalue weighted by Gasteiger charge is 2.27. The Hall–Kier alpha value is -0.820. The molecule has 0 radical (unpaired) electrons. The molecule has 1 aromatic rings. The Morgan fingerprint density at radius 2 is 2.20 bits per heavy atom. The average Bonchev–Trinajstić information content (AvgIpc) is 2.77. The molecule has 0 bridgehead atoms. The maximum Gasteiger partial charge on any atom is -0.00430 e. The summed E-state index contributed by atoms with van der Waals surface area (Å²) in [6, 6.07) is 9.06. The molecule has 1 nitrogen and oxygen atoms in total. The quantitative estimate of drug-likeness (QED) is 0.802. The second kappa shape index (κ2) is 4.80. The summed E-state index contributed by atoms with van der Waals surface area (Å²) in [5.74, 6) is 1.44. The zero-order valence-electron chi connectivity index (χ0n) is 9.58. The van der Waals surface area contributed by atoms with Gasteiger partial charge in [0, 0.05) is 0 Å². The minimum Gasteiger partial charge on any atom is -0.330 e. The van der Waals surface area contributed by atoms with Crippen molar-refractivity contribution in [1.82, 2.24) is 0 Å². The Balaban J connectivity index is 2.20. The number of aryl methyl sites for hydroxylation is 1. The lowest BCUT2D eigenvalue weighted by molar-refractivity contribution is 0.496. The van der Waals surface area contributed by atoms with Crippen molar-refractivity contribution in [1.29, 1.82) is 0 Å². The van der Waals surface area contributed by atoms with Gasteiger partial charge >= 0.3 is 0 Å². The molecule has 0 aromatic heterocycles. The second-order valence-electron chi connectivity index (χ2n) is 4.63. The van der Waals surface area contributed by atoms with Crippen LogP contribution in [0.3, 0.4) is 0 Å². The number of nitrogens with two attached hydrogens (primary N) is 1. The first-order chi connectivity index (χ1) is 7.35. The third-order valence-electron chi connectivity index (χ3n) is 3.75. The van der Waals surface area contributed by atoms with Crippen LogP contribution in [0, 0.1) is 5.92 Å². The molecule has 0 saturated heterocycles. The Morgan fingerprint density at radius 3 is 2.93 bits per heavy atom. The molecule has 1 saturated carbocycles. The SMILES string of the molecule is CCc1cccc(C2CCCC2CN)c1. The topological polar surface area (TPSA) is 26.0 Å². The van der Waals surface area contributed by atoms with Gasteiger partial charge in [-0.15, -0.1) is 0 Å². The van der Waals surface area contributed by atoms with Gasteiger partial charge in [0.05, 0.1) is 0 Å². The van der Waals surface area contributed by atoms with E-state index >= 15 is 0 Å². The van der Waals surface area contributed by atoms with Crippen LogP contribution in [0.25, 0.3) is 0 Å². The van der Waals surface area contributed by atoms with Crippen molar-refractivity contribution in [3.05, 3.63) is 35.4 Å². The third-order valence-corrected chi connectivity index (χ3v) is 3.75. The van der Waals surface area contributed by atoms with Gasteiger partial charge < -0.3 is 5.73 Å². The van der Waals surface area contributed by atoms with Gasteiger partial charge in [-0.3, -0.25) is 0 Å². The zero-order valence-corrected chi connectivity index (χ0v) is 9.58. The van der Waals surface area contributed by atoms with E-state index in [1.54, 1.807) is 0 Å². The molecule has 0 amide bonds. The predicted molar refractivity (Wildman–Crippen MR) is 65.0 cm³/mol. The molecule has 1 aromatic carbocycles. The van der Waals surface area contributed by atoms with Crippen LogP contribution >= 0.6 is 0 Å². The number of benzene rings is 1. The lowest BCUT2D eigenvalue weighted by Crippen LogP contribution is -2.17. The fraction of sp³-hybridized carbons (Fsp3) is 0.571. The summed E-state index contributed by atoms with van der Waals surface area (Å²) in [6.07, 6.45) is 5.13. The molecule has 1 heteroatoms. The van der Waals surface area contributed by atoms with Crippen molar-refractivity contribution in [2.45, 2.75) is 38.5 Å². The van der Waals surface area contributed by atoms with Gasteiger partial charge in [0.25, 0.3) is 0 Å². The van der Waals surface area contributed by atoms with E-state index < -0.39 is 0 Å². The summed E-state index contributed by atoms with van der Waals surface area (Å²) in [5.41, 5.74) is 8.80. The van der Waals surface area contributed by atoms with Gasteiger partial charge in [-0.25, -0.2) is 0 Å². The predicted octanol–water partition coefficient (Wildman–Crippen LogP) is 3.09. The van der Waals surface area contributed by atoms with E-state index in [1.165, 1.54) is 30.4 Å². The molecule has 0 aliphatic heterocycles. The first-order valence-corrected chi connectivity index (χ1v) is 6.14. The minimum atomic E-state index is 0.720. The van der Waals surface area contributed by atoms with Crippen LogP contribution < -0.4 is 5.73 Å². The van der Waals surface area contributed by atoms with Gasteiger partial charge in [0.1, 0.15) is 0 Å². The van der Waals surface area contributed by atoms with Crippen molar-refractivity contribution in [3.63, 3.8) is 0 Å². The van der Waals surface area contributed by atoms with Gasteiger partial charge in [0.15, 0.2) is 0 Å². The van der Waals surface area contributed by atoms with Gasteiger partial charge in [0.2, 0.25) is 0 Å². The smallest absolute Gasteiger partial charge is 0.00430 e. The van der Waals surface area contributed by atoms with E-state index in [1.807, 2.05) is 0 Å². The highest BCUT2D eigenvalue weighted by Crippen LogP contribution is 2.39. The summed E-state index contributed by atoms with van der Waals surface area (Å²) in [6.45, 7) is 3.06. The summed E-state index contributed by atoms with van der Waals surface area (Å²) in [5, 5.41) is 0. The maximum absolute atomic E-state index is 5.83. The van der Waals surface area contributed by atoms with Crippen LogP contribution in [0.1, 0.15) is 43.2 Å². The molecule has 15 heavy (non-hydrogen) atoms. The lowest BCUT2D eigenvalue weighted by atomic mass is 9.88. The Morgan fingerprint density at radius 1 is 1.33 bits per heavy atom. The second-order valence-corrected chi connectivity index (χ2v) is 4.63. The first kappa shape index (κ1) is 10.7. The fourth-order valence-corrected chi connectivity index (χ4v) is 2.80. The zero-order chi connectivity index (χ0) is 10.7. The molecule has 2 N–H and O–H groups in total. The monoisotopic (exact) mass is 203 g/mol. The molecule has 2 rings (SSSR count). The largest absolute Gasteiger partial charge is 0.330 e. The first-order valence-electron chi connectivity index (χ1n) is 6.14. The van der Waals surface area contributed by atoms with Crippen LogP contribution in [0.5, 0.6) is 0 Å². The normalized spacial score (nSPS) is 25.7. The van der Waals surface area contributed by atoms with Crippen LogP contribution in [-0.4, -0.2) is 6.54 Å². The third kappa shape index (κ3) is 2.23. The van der Waals surface area contributed by atoms with Crippen LogP contribution in [-0.2, 0) is 6.42 Å². The summed E-state index contributed by atoms with van der Waals surface area (Å²) < 4.78 is 0. The maximum atomic E-state index is 5.83. The van der Waals surface area contributed by atoms with Crippen molar-refractivity contribution in [2.24, 2.45) is 11.7 Å². The van der Waals surface area contributed by atoms with Crippen molar-refractivity contribution >= 4 is 0 Å². The van der Waals surface area contributed by atoms with Crippen molar-refractivity contribution < 1.29 is 0 Å². The molecule has 0 heterocycles. The molecule has 2 atom stereocenters. The molecule has 2 unspecified atom stereocenters.